The minimum absolute atomic E-state index is 0.000720. The lowest BCUT2D eigenvalue weighted by atomic mass is 10.2. The quantitative estimate of drug-likeness (QED) is 0.808. The van der Waals surface area contributed by atoms with Crippen LogP contribution in [-0.2, 0) is 21.2 Å². The number of carbonyl (C=O) groups is 1. The molecule has 1 unspecified atom stereocenters. The Morgan fingerprint density at radius 1 is 1.15 bits per heavy atom. The number of amides is 1. The van der Waals surface area contributed by atoms with E-state index in [1.165, 1.54) is 4.90 Å². The van der Waals surface area contributed by atoms with Crippen molar-refractivity contribution in [1.29, 1.82) is 0 Å². The Balaban J connectivity index is 1.52. The van der Waals surface area contributed by atoms with Crippen LogP contribution in [0.4, 0.5) is 10.5 Å². The zero-order valence-electron chi connectivity index (χ0n) is 14.6. The Kier molecular flexibility index (Phi) is 5.58. The van der Waals surface area contributed by atoms with Gasteiger partial charge in [-0.15, -0.1) is 0 Å². The van der Waals surface area contributed by atoms with Gasteiger partial charge in [-0.2, -0.15) is 0 Å². The van der Waals surface area contributed by atoms with Gasteiger partial charge in [0.25, 0.3) is 0 Å². The monoisotopic (exact) mass is 374 g/mol. The SMILES string of the molecule is Cc1cccc(N2CC(CNS(=O)(=O)CCc3ccccc3)OC2=O)c1. The van der Waals surface area contributed by atoms with Gasteiger partial charge in [-0.3, -0.25) is 4.90 Å². The smallest absolute Gasteiger partial charge is 0.414 e. The first-order valence-corrected chi connectivity index (χ1v) is 10.1. The van der Waals surface area contributed by atoms with E-state index in [2.05, 4.69) is 4.72 Å². The van der Waals surface area contributed by atoms with E-state index in [9.17, 15) is 13.2 Å². The van der Waals surface area contributed by atoms with E-state index in [1.54, 1.807) is 0 Å². The molecule has 1 saturated heterocycles. The number of nitrogens with zero attached hydrogens (tertiary/aromatic N) is 1. The molecule has 0 saturated carbocycles. The molecular weight excluding hydrogens is 352 g/mol. The van der Waals surface area contributed by atoms with Crippen LogP contribution in [0.5, 0.6) is 0 Å². The van der Waals surface area contributed by atoms with E-state index in [-0.39, 0.29) is 12.3 Å². The van der Waals surface area contributed by atoms with Crippen molar-refractivity contribution in [2.45, 2.75) is 19.4 Å². The summed E-state index contributed by atoms with van der Waals surface area (Å²) in [4.78, 5) is 13.6. The third-order valence-electron chi connectivity index (χ3n) is 4.22. The number of hydrogen-bond donors (Lipinski definition) is 1. The third-order valence-corrected chi connectivity index (χ3v) is 5.57. The van der Waals surface area contributed by atoms with Crippen molar-refractivity contribution in [3.05, 3.63) is 65.7 Å². The predicted octanol–water partition coefficient (Wildman–Crippen LogP) is 2.48. The fourth-order valence-corrected chi connectivity index (χ4v) is 3.91. The summed E-state index contributed by atoms with van der Waals surface area (Å²) >= 11 is 0. The maximum Gasteiger partial charge on any atom is 0.414 e. The normalized spacial score (nSPS) is 17.3. The maximum absolute atomic E-state index is 12.2. The minimum atomic E-state index is -3.43. The summed E-state index contributed by atoms with van der Waals surface area (Å²) in [6.45, 7) is 2.35. The van der Waals surface area contributed by atoms with Gasteiger partial charge in [0.05, 0.1) is 12.3 Å². The molecule has 26 heavy (non-hydrogen) atoms. The van der Waals surface area contributed by atoms with Gasteiger partial charge in [-0.1, -0.05) is 42.5 Å². The third kappa shape index (κ3) is 4.83. The van der Waals surface area contributed by atoms with E-state index in [0.29, 0.717) is 13.0 Å². The average Bonchev–Trinajstić information content (AvgIpc) is 3.00. The molecule has 1 heterocycles. The van der Waals surface area contributed by atoms with Crippen molar-refractivity contribution in [1.82, 2.24) is 4.72 Å². The van der Waals surface area contributed by atoms with E-state index in [4.69, 9.17) is 4.74 Å². The number of nitrogens with one attached hydrogen (secondary N) is 1. The predicted molar refractivity (Wildman–Crippen MR) is 101 cm³/mol. The average molecular weight is 374 g/mol. The molecule has 3 rings (SSSR count). The summed E-state index contributed by atoms with van der Waals surface area (Å²) in [7, 11) is -3.43. The van der Waals surface area contributed by atoms with Crippen LogP contribution in [0.25, 0.3) is 0 Å². The highest BCUT2D eigenvalue weighted by Gasteiger charge is 2.33. The largest absolute Gasteiger partial charge is 0.443 e. The fraction of sp³-hybridized carbons (Fsp3) is 0.316. The van der Waals surface area contributed by atoms with Crippen molar-refractivity contribution in [2.75, 3.05) is 23.7 Å². The second-order valence-corrected chi connectivity index (χ2v) is 8.28. The van der Waals surface area contributed by atoms with Gasteiger partial charge in [0.1, 0.15) is 6.10 Å². The summed E-state index contributed by atoms with van der Waals surface area (Å²) in [5, 5.41) is 0. The van der Waals surface area contributed by atoms with Gasteiger partial charge in [-0.25, -0.2) is 17.9 Å². The zero-order valence-corrected chi connectivity index (χ0v) is 15.4. The molecule has 1 amide bonds. The van der Waals surface area contributed by atoms with E-state index >= 15 is 0 Å². The van der Waals surface area contributed by atoms with Crippen LogP contribution in [0.1, 0.15) is 11.1 Å². The molecule has 2 aromatic carbocycles. The molecule has 1 atom stereocenters. The van der Waals surface area contributed by atoms with Gasteiger partial charge >= 0.3 is 6.09 Å². The lowest BCUT2D eigenvalue weighted by molar-refractivity contribution is 0.143. The Bertz CT molecular complexity index is 868. The number of aryl methyl sites for hydroxylation is 2. The first-order chi connectivity index (χ1) is 12.4. The first kappa shape index (κ1) is 18.4. The first-order valence-electron chi connectivity index (χ1n) is 8.49. The summed E-state index contributed by atoms with van der Waals surface area (Å²) < 4.78 is 32.2. The van der Waals surface area contributed by atoms with Crippen molar-refractivity contribution in [2.24, 2.45) is 0 Å². The van der Waals surface area contributed by atoms with E-state index < -0.39 is 22.2 Å². The molecule has 7 heteroatoms. The lowest BCUT2D eigenvalue weighted by Gasteiger charge is -2.13. The zero-order chi connectivity index (χ0) is 18.6. The highest BCUT2D eigenvalue weighted by atomic mass is 32.2. The molecule has 0 radical (unpaired) electrons. The summed E-state index contributed by atoms with van der Waals surface area (Å²) in [6, 6.07) is 17.0. The second kappa shape index (κ2) is 7.88. The summed E-state index contributed by atoms with van der Waals surface area (Å²) in [5.74, 6) is -0.000720. The van der Waals surface area contributed by atoms with E-state index in [0.717, 1.165) is 16.8 Å². The second-order valence-electron chi connectivity index (χ2n) is 6.36. The number of hydrogen-bond acceptors (Lipinski definition) is 4. The van der Waals surface area contributed by atoms with Crippen molar-refractivity contribution in [3.8, 4) is 0 Å². The number of sulfonamides is 1. The molecule has 6 nitrogen and oxygen atoms in total. The molecular formula is C19H22N2O4S. The Morgan fingerprint density at radius 2 is 1.92 bits per heavy atom. The number of rotatable bonds is 7. The van der Waals surface area contributed by atoms with Crippen LogP contribution in [-0.4, -0.2) is 39.5 Å². The summed E-state index contributed by atoms with van der Waals surface area (Å²) in [6.07, 6.45) is -0.519. The number of ether oxygens (including phenoxy) is 1. The summed E-state index contributed by atoms with van der Waals surface area (Å²) in [5.41, 5.74) is 2.76. The fourth-order valence-electron chi connectivity index (χ4n) is 2.82. The van der Waals surface area contributed by atoms with Gasteiger partial charge in [0, 0.05) is 12.2 Å². The van der Waals surface area contributed by atoms with E-state index in [1.807, 2.05) is 61.5 Å². The van der Waals surface area contributed by atoms with Crippen LogP contribution in [0.15, 0.2) is 54.6 Å². The molecule has 0 aromatic heterocycles. The number of anilines is 1. The van der Waals surface area contributed by atoms with Gasteiger partial charge in [-0.05, 0) is 36.6 Å². The molecule has 1 N–H and O–H groups in total. The number of carbonyl (C=O) groups excluding carboxylic acids is 1. The highest BCUT2D eigenvalue weighted by molar-refractivity contribution is 7.89. The lowest BCUT2D eigenvalue weighted by Crippen LogP contribution is -2.36. The van der Waals surface area contributed by atoms with Crippen molar-refractivity contribution < 1.29 is 17.9 Å². The van der Waals surface area contributed by atoms with Crippen molar-refractivity contribution in [3.63, 3.8) is 0 Å². The molecule has 0 aliphatic carbocycles. The number of benzene rings is 2. The van der Waals surface area contributed by atoms with Gasteiger partial charge < -0.3 is 4.74 Å². The number of cyclic esters (lactones) is 1. The van der Waals surface area contributed by atoms with Crippen molar-refractivity contribution >= 4 is 21.8 Å². The van der Waals surface area contributed by atoms with Gasteiger partial charge in [0.15, 0.2) is 0 Å². The Labute approximate surface area is 153 Å². The van der Waals surface area contributed by atoms with Crippen LogP contribution in [0.3, 0.4) is 0 Å². The highest BCUT2D eigenvalue weighted by Crippen LogP contribution is 2.22. The molecule has 138 valence electrons. The molecule has 1 aliphatic heterocycles. The maximum atomic E-state index is 12.2. The Morgan fingerprint density at radius 3 is 2.65 bits per heavy atom. The standard InChI is InChI=1S/C19H22N2O4S/c1-15-6-5-9-17(12-15)21-14-18(25-19(21)22)13-20-26(23,24)11-10-16-7-3-2-4-8-16/h2-9,12,18,20H,10-11,13-14H2,1H3. The van der Waals surface area contributed by atoms with Crippen LogP contribution >= 0.6 is 0 Å². The van der Waals surface area contributed by atoms with Gasteiger partial charge in [0.2, 0.25) is 10.0 Å². The molecule has 1 aliphatic rings. The molecule has 2 aromatic rings. The Hall–Kier alpha value is -2.38. The molecule has 0 spiro atoms. The van der Waals surface area contributed by atoms with Crippen LogP contribution < -0.4 is 9.62 Å². The van der Waals surface area contributed by atoms with Crippen LogP contribution in [0, 0.1) is 6.92 Å². The van der Waals surface area contributed by atoms with Crippen LogP contribution in [0.2, 0.25) is 0 Å². The minimum Gasteiger partial charge on any atom is -0.443 e. The molecule has 0 bridgehead atoms. The molecule has 1 fully saturated rings. The topological polar surface area (TPSA) is 75.7 Å².